The molecule has 0 radical (unpaired) electrons. The van der Waals surface area contributed by atoms with E-state index in [-0.39, 0.29) is 18.5 Å². The number of ether oxygens (including phenoxy) is 2. The third-order valence-electron chi connectivity index (χ3n) is 5.88. The summed E-state index contributed by atoms with van der Waals surface area (Å²) in [5, 5.41) is 13.9. The Morgan fingerprint density at radius 1 is 1.25 bits per heavy atom. The number of carbonyl (C=O) groups is 1. The zero-order valence-electron chi connectivity index (χ0n) is 16.9. The highest BCUT2D eigenvalue weighted by Crippen LogP contribution is 2.20. The monoisotopic (exact) mass is 390 g/mol. The van der Waals surface area contributed by atoms with Gasteiger partial charge in [0.2, 0.25) is 0 Å². The molecule has 0 amide bonds. The third-order valence-corrected chi connectivity index (χ3v) is 5.88. The van der Waals surface area contributed by atoms with Crippen molar-refractivity contribution in [3.05, 3.63) is 29.8 Å². The number of piperidine rings is 1. The Balaban J connectivity index is 1.36. The van der Waals surface area contributed by atoms with Gasteiger partial charge in [-0.25, -0.2) is 0 Å². The van der Waals surface area contributed by atoms with Gasteiger partial charge in [-0.1, -0.05) is 25.0 Å². The van der Waals surface area contributed by atoms with Crippen LogP contribution in [0.5, 0.6) is 5.75 Å². The van der Waals surface area contributed by atoms with Crippen LogP contribution in [0.1, 0.15) is 44.1 Å². The number of β-amino-alcohol motifs (C(OH)–C–C–N with tert-alkyl or cyclic N) is 1. The first-order valence-corrected chi connectivity index (χ1v) is 10.6. The van der Waals surface area contributed by atoms with Crippen LogP contribution in [0.15, 0.2) is 24.3 Å². The number of esters is 1. The fraction of sp³-hybridized carbons (Fsp3) is 0.682. The Hall–Kier alpha value is -1.63. The number of hydrogen-bond acceptors (Lipinski definition) is 6. The molecule has 1 unspecified atom stereocenters. The highest BCUT2D eigenvalue weighted by atomic mass is 16.5. The maximum atomic E-state index is 11.6. The lowest BCUT2D eigenvalue weighted by Gasteiger charge is -2.31. The zero-order valence-corrected chi connectivity index (χ0v) is 16.9. The van der Waals surface area contributed by atoms with Crippen molar-refractivity contribution in [2.75, 3.05) is 33.4 Å². The van der Waals surface area contributed by atoms with E-state index < -0.39 is 6.10 Å². The number of nitrogens with one attached hydrogen (secondary N) is 1. The number of aliphatic hydroxyl groups excluding tert-OH is 1. The number of likely N-dealkylation sites (tertiary alicyclic amines) is 1. The second-order valence-corrected chi connectivity index (χ2v) is 8.07. The van der Waals surface area contributed by atoms with Gasteiger partial charge in [-0.2, -0.15) is 0 Å². The molecule has 1 aromatic carbocycles. The molecule has 0 aromatic heterocycles. The minimum atomic E-state index is -0.546. The number of nitrogens with zero attached hydrogens (tertiary/aromatic N) is 1. The van der Waals surface area contributed by atoms with Crippen molar-refractivity contribution >= 4 is 5.97 Å². The average molecular weight is 391 g/mol. The molecular formula is C22H34N2O4. The van der Waals surface area contributed by atoms with Crippen LogP contribution in [0.2, 0.25) is 0 Å². The number of methoxy groups -OCH3 is 1. The molecule has 156 valence electrons. The van der Waals surface area contributed by atoms with Crippen molar-refractivity contribution in [1.82, 2.24) is 10.2 Å². The van der Waals surface area contributed by atoms with E-state index in [9.17, 15) is 9.90 Å². The highest BCUT2D eigenvalue weighted by Gasteiger charge is 2.26. The summed E-state index contributed by atoms with van der Waals surface area (Å²) in [5.74, 6) is 0.676. The van der Waals surface area contributed by atoms with E-state index in [2.05, 4.69) is 22.3 Å². The summed E-state index contributed by atoms with van der Waals surface area (Å²) in [6, 6.07) is 8.75. The Bertz CT molecular complexity index is 610. The van der Waals surface area contributed by atoms with Crippen LogP contribution < -0.4 is 10.1 Å². The molecule has 3 rings (SSSR count). The van der Waals surface area contributed by atoms with Crippen molar-refractivity contribution in [3.63, 3.8) is 0 Å². The summed E-state index contributed by atoms with van der Waals surface area (Å²) in [4.78, 5) is 13.8. The minimum Gasteiger partial charge on any atom is -0.491 e. The molecule has 1 heterocycles. The second kappa shape index (κ2) is 10.8. The minimum absolute atomic E-state index is 0.00442. The van der Waals surface area contributed by atoms with Crippen LogP contribution in [-0.4, -0.2) is 61.5 Å². The van der Waals surface area contributed by atoms with Gasteiger partial charge in [0, 0.05) is 19.1 Å². The van der Waals surface area contributed by atoms with E-state index in [4.69, 9.17) is 9.47 Å². The molecule has 6 nitrogen and oxygen atoms in total. The van der Waals surface area contributed by atoms with Gasteiger partial charge in [-0.3, -0.25) is 4.79 Å². The smallest absolute Gasteiger partial charge is 0.308 e. The van der Waals surface area contributed by atoms with Crippen molar-refractivity contribution in [2.24, 2.45) is 5.92 Å². The molecule has 0 bridgehead atoms. The first-order valence-electron chi connectivity index (χ1n) is 10.6. The molecule has 1 aromatic rings. The number of carbonyl (C=O) groups excluding carboxylic acids is 1. The number of hydrogen-bond donors (Lipinski definition) is 2. The molecule has 28 heavy (non-hydrogen) atoms. The van der Waals surface area contributed by atoms with Crippen LogP contribution >= 0.6 is 0 Å². The fourth-order valence-electron chi connectivity index (χ4n) is 4.20. The molecule has 1 saturated heterocycles. The van der Waals surface area contributed by atoms with Crippen molar-refractivity contribution < 1.29 is 19.4 Å². The summed E-state index contributed by atoms with van der Waals surface area (Å²) >= 11 is 0. The molecule has 1 atom stereocenters. The van der Waals surface area contributed by atoms with Crippen LogP contribution in [-0.2, 0) is 16.1 Å². The van der Waals surface area contributed by atoms with Crippen molar-refractivity contribution in [1.29, 1.82) is 0 Å². The maximum absolute atomic E-state index is 11.6. The summed E-state index contributed by atoms with van der Waals surface area (Å²) in [6.07, 6.45) is 6.25. The van der Waals surface area contributed by atoms with E-state index in [0.29, 0.717) is 12.6 Å². The lowest BCUT2D eigenvalue weighted by molar-refractivity contribution is -0.147. The second-order valence-electron chi connectivity index (χ2n) is 8.07. The van der Waals surface area contributed by atoms with Crippen LogP contribution in [0.4, 0.5) is 0 Å². The van der Waals surface area contributed by atoms with Gasteiger partial charge >= 0.3 is 5.97 Å². The van der Waals surface area contributed by atoms with Crippen molar-refractivity contribution in [3.8, 4) is 5.75 Å². The molecule has 0 spiro atoms. The van der Waals surface area contributed by atoms with Gasteiger partial charge in [0.15, 0.2) is 0 Å². The van der Waals surface area contributed by atoms with Crippen molar-refractivity contribution in [2.45, 2.75) is 57.2 Å². The van der Waals surface area contributed by atoms with Gasteiger partial charge in [0.05, 0.1) is 13.0 Å². The molecule has 2 N–H and O–H groups in total. The number of aliphatic hydroxyl groups is 1. The summed E-state index contributed by atoms with van der Waals surface area (Å²) in [7, 11) is 1.44. The quantitative estimate of drug-likeness (QED) is 0.631. The summed E-state index contributed by atoms with van der Waals surface area (Å²) in [5.41, 5.74) is 1.21. The standard InChI is InChI=1S/C22H34N2O4/c1-27-22(26)18-9-11-24(12-10-18)15-20(25)16-28-21-8-4-5-17(13-21)14-23-19-6-2-3-7-19/h4-5,8,13,18-20,23,25H,2-3,6-7,9-12,14-16H2,1H3. The van der Waals surface area contributed by atoms with Crippen LogP contribution in [0.3, 0.4) is 0 Å². The predicted octanol–water partition coefficient (Wildman–Crippen LogP) is 2.34. The first kappa shape index (κ1) is 21.1. The van der Waals surface area contributed by atoms with E-state index in [1.807, 2.05) is 12.1 Å². The first-order chi connectivity index (χ1) is 13.6. The molecule has 2 aliphatic rings. The molecular weight excluding hydrogens is 356 g/mol. The van der Waals surface area contributed by atoms with Gasteiger partial charge in [-0.15, -0.1) is 0 Å². The Morgan fingerprint density at radius 2 is 2.00 bits per heavy atom. The Morgan fingerprint density at radius 3 is 2.71 bits per heavy atom. The third kappa shape index (κ3) is 6.47. The van der Waals surface area contributed by atoms with Gasteiger partial charge in [-0.05, 0) is 56.5 Å². The highest BCUT2D eigenvalue weighted by molar-refractivity contribution is 5.72. The van der Waals surface area contributed by atoms with E-state index >= 15 is 0 Å². The Kier molecular flexibility index (Phi) is 8.13. The lowest BCUT2D eigenvalue weighted by atomic mass is 9.97. The largest absolute Gasteiger partial charge is 0.491 e. The molecule has 2 fully saturated rings. The predicted molar refractivity (Wildman–Crippen MR) is 108 cm³/mol. The molecule has 6 heteroatoms. The van der Waals surface area contributed by atoms with Crippen LogP contribution in [0.25, 0.3) is 0 Å². The van der Waals surface area contributed by atoms with Gasteiger partial charge in [0.25, 0.3) is 0 Å². The fourth-order valence-corrected chi connectivity index (χ4v) is 4.20. The topological polar surface area (TPSA) is 71.0 Å². The molecule has 1 aliphatic heterocycles. The van der Waals surface area contributed by atoms with Gasteiger partial charge in [0.1, 0.15) is 18.5 Å². The summed E-state index contributed by atoms with van der Waals surface area (Å²) in [6.45, 7) is 3.31. The van der Waals surface area contributed by atoms with Crippen LogP contribution in [0, 0.1) is 5.92 Å². The zero-order chi connectivity index (χ0) is 19.8. The summed E-state index contributed by atoms with van der Waals surface area (Å²) < 4.78 is 10.6. The molecule has 1 saturated carbocycles. The molecule has 1 aliphatic carbocycles. The maximum Gasteiger partial charge on any atom is 0.308 e. The average Bonchev–Trinajstić information content (AvgIpc) is 3.25. The SMILES string of the molecule is COC(=O)C1CCN(CC(O)COc2cccc(CNC3CCCC3)c2)CC1. The van der Waals surface area contributed by atoms with E-state index in [1.54, 1.807) is 0 Å². The Labute approximate surface area is 168 Å². The normalized spacial score (nSPS) is 20.2. The van der Waals surface area contributed by atoms with E-state index in [1.165, 1.54) is 38.4 Å². The number of benzene rings is 1. The van der Waals surface area contributed by atoms with E-state index in [0.717, 1.165) is 38.2 Å². The lowest BCUT2D eigenvalue weighted by Crippen LogP contribution is -2.42. The van der Waals surface area contributed by atoms with Gasteiger partial charge < -0.3 is 24.8 Å². The number of rotatable bonds is 9.